The van der Waals surface area contributed by atoms with Gasteiger partial charge in [0.2, 0.25) is 0 Å². The number of nitrogens with zero attached hydrogens (tertiary/aromatic N) is 2. The van der Waals surface area contributed by atoms with Crippen molar-refractivity contribution in [3.05, 3.63) is 22.8 Å². The molecule has 1 rings (SSSR count). The Bertz CT molecular complexity index is 355. The lowest BCUT2D eigenvalue weighted by Gasteiger charge is -2.26. The molecule has 0 fully saturated rings. The fourth-order valence-electron chi connectivity index (χ4n) is 1.76. The van der Waals surface area contributed by atoms with Crippen LogP contribution in [0.15, 0.2) is 12.1 Å². The van der Waals surface area contributed by atoms with Gasteiger partial charge in [-0.05, 0) is 32.0 Å². The summed E-state index contributed by atoms with van der Waals surface area (Å²) < 4.78 is 0. The molecule has 0 aromatic carbocycles. The Hall–Kier alpha value is -0.800. The molecule has 0 amide bonds. The van der Waals surface area contributed by atoms with E-state index in [-0.39, 0.29) is 0 Å². The molecule has 0 saturated heterocycles. The number of aromatic nitrogens is 1. The third-order valence-electron chi connectivity index (χ3n) is 3.15. The minimum Gasteiger partial charge on any atom is -0.373 e. The summed E-state index contributed by atoms with van der Waals surface area (Å²) >= 11 is 6.19. The lowest BCUT2D eigenvalue weighted by Crippen LogP contribution is -2.32. The Morgan fingerprint density at radius 2 is 2.12 bits per heavy atom. The molecule has 1 aromatic rings. The van der Waals surface area contributed by atoms with Crippen LogP contribution in [-0.4, -0.2) is 29.5 Å². The van der Waals surface area contributed by atoms with Crippen molar-refractivity contribution in [1.29, 1.82) is 0 Å². The molecule has 0 spiro atoms. The van der Waals surface area contributed by atoms with Crippen LogP contribution in [0.1, 0.15) is 32.9 Å². The van der Waals surface area contributed by atoms with Crippen LogP contribution in [0.25, 0.3) is 0 Å². The summed E-state index contributed by atoms with van der Waals surface area (Å²) in [6.45, 7) is 8.42. The normalized spacial score (nSPS) is 12.8. The van der Waals surface area contributed by atoms with Gasteiger partial charge in [0.05, 0.1) is 10.7 Å². The average molecular weight is 256 g/mol. The molecule has 1 unspecified atom stereocenters. The minimum atomic E-state index is 0.552. The zero-order valence-corrected chi connectivity index (χ0v) is 11.9. The van der Waals surface area contributed by atoms with Gasteiger partial charge in [0.1, 0.15) is 5.82 Å². The van der Waals surface area contributed by atoms with Crippen molar-refractivity contribution < 1.29 is 0 Å². The predicted octanol–water partition coefficient (Wildman–Crippen LogP) is 3.40. The molecule has 1 heterocycles. The lowest BCUT2D eigenvalue weighted by atomic mass is 10.2. The van der Waals surface area contributed by atoms with Gasteiger partial charge in [0.15, 0.2) is 0 Å². The van der Waals surface area contributed by atoms with Gasteiger partial charge in [-0.15, -0.1) is 0 Å². The maximum atomic E-state index is 6.19. The van der Waals surface area contributed by atoms with E-state index < -0.39 is 0 Å². The maximum Gasteiger partial charge on any atom is 0.126 e. The summed E-state index contributed by atoms with van der Waals surface area (Å²) in [4.78, 5) is 6.89. The second-order valence-electron chi connectivity index (χ2n) is 4.20. The Balaban J connectivity index is 2.84. The number of hydrogen-bond acceptors (Lipinski definition) is 3. The maximum absolute atomic E-state index is 6.19. The zero-order valence-electron chi connectivity index (χ0n) is 11.1. The standard InChI is InChI=1S/C13H22ClN3/c1-5-10(3)17(6-2)9-12-11(14)7-8-13(15-4)16-12/h7-8,10H,5-6,9H2,1-4H3,(H,15,16). The van der Waals surface area contributed by atoms with Crippen LogP contribution in [0.3, 0.4) is 0 Å². The molecule has 0 aliphatic rings. The number of hydrogen-bond donors (Lipinski definition) is 1. The van der Waals surface area contributed by atoms with Crippen molar-refractivity contribution >= 4 is 17.4 Å². The number of anilines is 1. The van der Waals surface area contributed by atoms with E-state index in [1.54, 1.807) is 0 Å². The summed E-state index contributed by atoms with van der Waals surface area (Å²) in [5.74, 6) is 0.865. The highest BCUT2D eigenvalue weighted by Crippen LogP contribution is 2.19. The molecule has 0 radical (unpaired) electrons. The van der Waals surface area contributed by atoms with Gasteiger partial charge >= 0.3 is 0 Å². The molecule has 1 N–H and O–H groups in total. The Labute approximate surface area is 109 Å². The number of rotatable bonds is 6. The quantitative estimate of drug-likeness (QED) is 0.845. The van der Waals surface area contributed by atoms with E-state index >= 15 is 0 Å². The fourth-order valence-corrected chi connectivity index (χ4v) is 1.93. The van der Waals surface area contributed by atoms with E-state index in [2.05, 4.69) is 36.0 Å². The van der Waals surface area contributed by atoms with E-state index in [4.69, 9.17) is 11.6 Å². The lowest BCUT2D eigenvalue weighted by molar-refractivity contribution is 0.204. The smallest absolute Gasteiger partial charge is 0.126 e. The molecular formula is C13H22ClN3. The van der Waals surface area contributed by atoms with Crippen LogP contribution in [-0.2, 0) is 6.54 Å². The molecule has 0 aliphatic heterocycles. The summed E-state index contributed by atoms with van der Waals surface area (Å²) in [5.41, 5.74) is 0.945. The van der Waals surface area contributed by atoms with E-state index in [0.29, 0.717) is 6.04 Å². The van der Waals surface area contributed by atoms with E-state index in [0.717, 1.165) is 36.0 Å². The second-order valence-corrected chi connectivity index (χ2v) is 4.60. The van der Waals surface area contributed by atoms with Crippen LogP contribution in [0.5, 0.6) is 0 Å². The monoisotopic (exact) mass is 255 g/mol. The van der Waals surface area contributed by atoms with Gasteiger partial charge in [-0.25, -0.2) is 4.98 Å². The van der Waals surface area contributed by atoms with Gasteiger partial charge < -0.3 is 5.32 Å². The van der Waals surface area contributed by atoms with E-state index in [9.17, 15) is 0 Å². The Morgan fingerprint density at radius 3 is 2.65 bits per heavy atom. The highest BCUT2D eigenvalue weighted by Gasteiger charge is 2.13. The molecular weight excluding hydrogens is 234 g/mol. The van der Waals surface area contributed by atoms with Crippen LogP contribution in [0, 0.1) is 0 Å². The number of pyridine rings is 1. The van der Waals surface area contributed by atoms with Crippen LogP contribution >= 0.6 is 11.6 Å². The SMILES string of the molecule is CCC(C)N(CC)Cc1nc(NC)ccc1Cl. The predicted molar refractivity (Wildman–Crippen MR) is 74.6 cm³/mol. The average Bonchev–Trinajstić information content (AvgIpc) is 2.36. The number of halogens is 1. The van der Waals surface area contributed by atoms with Crippen molar-refractivity contribution in [2.75, 3.05) is 18.9 Å². The molecule has 1 atom stereocenters. The highest BCUT2D eigenvalue weighted by atomic mass is 35.5. The largest absolute Gasteiger partial charge is 0.373 e. The van der Waals surface area contributed by atoms with Crippen molar-refractivity contribution in [2.45, 2.75) is 39.8 Å². The first-order valence-corrected chi connectivity index (χ1v) is 6.57. The van der Waals surface area contributed by atoms with Gasteiger partial charge in [-0.1, -0.05) is 25.4 Å². The van der Waals surface area contributed by atoms with Gasteiger partial charge in [-0.2, -0.15) is 0 Å². The first-order valence-electron chi connectivity index (χ1n) is 6.19. The van der Waals surface area contributed by atoms with Crippen molar-refractivity contribution in [2.24, 2.45) is 0 Å². The molecule has 0 saturated carbocycles. The van der Waals surface area contributed by atoms with Gasteiger partial charge in [0.25, 0.3) is 0 Å². The molecule has 4 heteroatoms. The van der Waals surface area contributed by atoms with Crippen molar-refractivity contribution in [3.63, 3.8) is 0 Å². The van der Waals surface area contributed by atoms with Crippen molar-refractivity contribution in [3.8, 4) is 0 Å². The third-order valence-corrected chi connectivity index (χ3v) is 3.49. The second kappa shape index (κ2) is 6.82. The first kappa shape index (κ1) is 14.3. The van der Waals surface area contributed by atoms with Gasteiger partial charge in [-0.3, -0.25) is 4.90 Å². The van der Waals surface area contributed by atoms with Gasteiger partial charge in [0, 0.05) is 19.6 Å². The van der Waals surface area contributed by atoms with Crippen LogP contribution < -0.4 is 5.32 Å². The molecule has 17 heavy (non-hydrogen) atoms. The minimum absolute atomic E-state index is 0.552. The van der Waals surface area contributed by atoms with Crippen molar-refractivity contribution in [1.82, 2.24) is 9.88 Å². The first-order chi connectivity index (χ1) is 8.12. The van der Waals surface area contributed by atoms with E-state index in [1.807, 2.05) is 19.2 Å². The van der Waals surface area contributed by atoms with Crippen LogP contribution in [0.2, 0.25) is 5.02 Å². The highest BCUT2D eigenvalue weighted by molar-refractivity contribution is 6.31. The zero-order chi connectivity index (χ0) is 12.8. The molecule has 0 bridgehead atoms. The fraction of sp³-hybridized carbons (Fsp3) is 0.615. The van der Waals surface area contributed by atoms with Crippen LogP contribution in [0.4, 0.5) is 5.82 Å². The Morgan fingerprint density at radius 1 is 1.41 bits per heavy atom. The summed E-state index contributed by atoms with van der Waals surface area (Å²) in [7, 11) is 1.87. The topological polar surface area (TPSA) is 28.2 Å². The summed E-state index contributed by atoms with van der Waals surface area (Å²) in [5, 5.41) is 3.78. The van der Waals surface area contributed by atoms with E-state index in [1.165, 1.54) is 0 Å². The summed E-state index contributed by atoms with van der Waals surface area (Å²) in [6.07, 6.45) is 1.14. The molecule has 1 aromatic heterocycles. The Kier molecular flexibility index (Phi) is 5.72. The number of nitrogens with one attached hydrogen (secondary N) is 1. The summed E-state index contributed by atoms with van der Waals surface area (Å²) in [6, 6.07) is 4.35. The molecule has 96 valence electrons. The molecule has 0 aliphatic carbocycles. The molecule has 3 nitrogen and oxygen atoms in total. The third kappa shape index (κ3) is 3.86.